The van der Waals surface area contributed by atoms with Crippen molar-refractivity contribution < 1.29 is 19.1 Å². The third-order valence-corrected chi connectivity index (χ3v) is 4.96. The van der Waals surface area contributed by atoms with Crippen molar-refractivity contribution in [1.29, 1.82) is 0 Å². The van der Waals surface area contributed by atoms with Crippen molar-refractivity contribution in [2.75, 3.05) is 20.3 Å². The van der Waals surface area contributed by atoms with Crippen molar-refractivity contribution >= 4 is 23.2 Å². The molecule has 146 valence electrons. The molecule has 0 unspecified atom stereocenters. The molecule has 0 saturated heterocycles. The molecule has 0 bridgehead atoms. The molecule has 7 nitrogen and oxygen atoms in total. The van der Waals surface area contributed by atoms with Crippen molar-refractivity contribution in [2.24, 2.45) is 0 Å². The molecule has 0 aliphatic rings. The van der Waals surface area contributed by atoms with E-state index in [-0.39, 0.29) is 24.0 Å². The van der Waals surface area contributed by atoms with Gasteiger partial charge in [0.15, 0.2) is 12.4 Å². The van der Waals surface area contributed by atoms with Crippen molar-refractivity contribution in [3.63, 3.8) is 0 Å². The zero-order valence-electron chi connectivity index (χ0n) is 15.7. The third kappa shape index (κ3) is 4.58. The highest BCUT2D eigenvalue weighted by Gasteiger charge is 2.22. The Balaban J connectivity index is 1.65. The van der Waals surface area contributed by atoms with E-state index < -0.39 is 5.97 Å². The number of amides is 1. The summed E-state index contributed by atoms with van der Waals surface area (Å²) in [6.07, 6.45) is 1.60. The second kappa shape index (κ2) is 9.18. The lowest BCUT2D eigenvalue weighted by Crippen LogP contribution is -2.34. The molecule has 3 rings (SSSR count). The molecule has 0 aliphatic carbocycles. The van der Waals surface area contributed by atoms with Gasteiger partial charge in [-0.1, -0.05) is 24.3 Å². The zero-order chi connectivity index (χ0) is 19.9. The Morgan fingerprint density at radius 2 is 1.96 bits per heavy atom. The van der Waals surface area contributed by atoms with Gasteiger partial charge in [-0.2, -0.15) is 5.10 Å². The number of rotatable bonds is 8. The molecule has 1 amide bonds. The fraction of sp³-hybridized carbons (Fsp3) is 0.250. The van der Waals surface area contributed by atoms with E-state index in [2.05, 4.69) is 5.10 Å². The maximum Gasteiger partial charge on any atom is 0.363 e. The van der Waals surface area contributed by atoms with Crippen LogP contribution in [0.25, 0.3) is 5.69 Å². The molecule has 2 aromatic heterocycles. The summed E-state index contributed by atoms with van der Waals surface area (Å²) in [6.45, 7) is 2.56. The highest BCUT2D eigenvalue weighted by molar-refractivity contribution is 7.09. The summed E-state index contributed by atoms with van der Waals surface area (Å²) < 4.78 is 12.0. The van der Waals surface area contributed by atoms with Crippen LogP contribution in [0.3, 0.4) is 0 Å². The van der Waals surface area contributed by atoms with Crippen molar-refractivity contribution in [3.8, 4) is 11.4 Å². The van der Waals surface area contributed by atoms with Gasteiger partial charge >= 0.3 is 5.97 Å². The lowest BCUT2D eigenvalue weighted by atomic mass is 10.3. The van der Waals surface area contributed by atoms with Gasteiger partial charge in [-0.05, 0) is 30.5 Å². The number of likely N-dealkylation sites (N-methyl/N-ethyl adjacent to an activating group) is 1. The molecule has 28 heavy (non-hydrogen) atoms. The van der Waals surface area contributed by atoms with Crippen LogP contribution in [0.4, 0.5) is 0 Å². The summed E-state index contributed by atoms with van der Waals surface area (Å²) in [7, 11) is 1.45. The fourth-order valence-corrected chi connectivity index (χ4v) is 3.34. The van der Waals surface area contributed by atoms with Gasteiger partial charge in [-0.15, -0.1) is 11.3 Å². The fourth-order valence-electron chi connectivity index (χ4n) is 2.62. The molecule has 0 fully saturated rings. The van der Waals surface area contributed by atoms with Gasteiger partial charge in [0.25, 0.3) is 5.91 Å². The molecule has 0 spiro atoms. The van der Waals surface area contributed by atoms with Crippen LogP contribution in [0.15, 0.2) is 54.0 Å². The zero-order valence-corrected chi connectivity index (χ0v) is 16.5. The van der Waals surface area contributed by atoms with Crippen LogP contribution in [-0.4, -0.2) is 46.8 Å². The van der Waals surface area contributed by atoms with Gasteiger partial charge in [0.2, 0.25) is 5.69 Å². The number of ether oxygens (including phenoxy) is 2. The predicted octanol–water partition coefficient (Wildman–Crippen LogP) is 3.15. The van der Waals surface area contributed by atoms with E-state index in [1.165, 1.54) is 11.8 Å². The maximum atomic E-state index is 12.5. The number of benzene rings is 1. The highest BCUT2D eigenvalue weighted by Crippen LogP contribution is 2.20. The molecular formula is C20H21N3O4S. The molecule has 3 aromatic rings. The number of hydrogen-bond acceptors (Lipinski definition) is 6. The van der Waals surface area contributed by atoms with Crippen LogP contribution in [0, 0.1) is 0 Å². The lowest BCUT2D eigenvalue weighted by molar-refractivity contribution is -0.134. The van der Waals surface area contributed by atoms with E-state index in [4.69, 9.17) is 9.47 Å². The van der Waals surface area contributed by atoms with Crippen LogP contribution in [0.5, 0.6) is 5.75 Å². The number of esters is 1. The summed E-state index contributed by atoms with van der Waals surface area (Å²) >= 11 is 1.58. The Morgan fingerprint density at radius 3 is 2.61 bits per heavy atom. The van der Waals surface area contributed by atoms with E-state index in [0.29, 0.717) is 13.1 Å². The number of hydrogen-bond donors (Lipinski definition) is 0. The monoisotopic (exact) mass is 399 g/mol. The first-order valence-electron chi connectivity index (χ1n) is 8.78. The average Bonchev–Trinajstić information content (AvgIpc) is 3.40. The Labute approximate surface area is 167 Å². The summed E-state index contributed by atoms with van der Waals surface area (Å²) in [5.41, 5.74) is 0.810. The maximum absolute atomic E-state index is 12.5. The number of para-hydroxylation sites is 1. The van der Waals surface area contributed by atoms with Crippen LogP contribution in [0.2, 0.25) is 0 Å². The average molecular weight is 399 g/mol. The summed E-state index contributed by atoms with van der Waals surface area (Å²) in [5.74, 6) is -0.676. The van der Waals surface area contributed by atoms with E-state index in [1.54, 1.807) is 22.4 Å². The predicted molar refractivity (Wildman–Crippen MR) is 106 cm³/mol. The van der Waals surface area contributed by atoms with Crippen molar-refractivity contribution in [2.45, 2.75) is 13.5 Å². The number of thiophene rings is 1. The lowest BCUT2D eigenvalue weighted by Gasteiger charge is -2.19. The van der Waals surface area contributed by atoms with Crippen LogP contribution < -0.4 is 4.74 Å². The molecule has 8 heteroatoms. The molecular weight excluding hydrogens is 378 g/mol. The van der Waals surface area contributed by atoms with Gasteiger partial charge in [0.05, 0.1) is 25.5 Å². The van der Waals surface area contributed by atoms with Crippen LogP contribution >= 0.6 is 11.3 Å². The van der Waals surface area contributed by atoms with Gasteiger partial charge < -0.3 is 14.4 Å². The Hall–Kier alpha value is -3.13. The quantitative estimate of drug-likeness (QED) is 0.544. The summed E-state index contributed by atoms with van der Waals surface area (Å²) in [6, 6.07) is 13.2. The smallest absolute Gasteiger partial charge is 0.363 e. The molecule has 2 heterocycles. The van der Waals surface area contributed by atoms with E-state index in [0.717, 1.165) is 10.6 Å². The van der Waals surface area contributed by atoms with E-state index in [9.17, 15) is 9.59 Å². The summed E-state index contributed by atoms with van der Waals surface area (Å²) in [4.78, 5) is 27.6. The topological polar surface area (TPSA) is 73.7 Å². The number of carbonyl (C=O) groups excluding carboxylic acids is 2. The Bertz CT molecular complexity index is 922. The van der Waals surface area contributed by atoms with E-state index >= 15 is 0 Å². The molecule has 0 aliphatic heterocycles. The van der Waals surface area contributed by atoms with Crippen LogP contribution in [0.1, 0.15) is 22.3 Å². The number of methoxy groups -OCH3 is 1. The van der Waals surface area contributed by atoms with Gasteiger partial charge in [-0.3, -0.25) is 4.79 Å². The molecule has 1 aromatic carbocycles. The van der Waals surface area contributed by atoms with Crippen LogP contribution in [-0.2, 0) is 16.1 Å². The standard InChI is InChI=1S/C20H21N3O4S/c1-3-22(12-16-10-7-11-28-16)18(24)14-27-20(25)19-17(26-2)13-23(21-19)15-8-5-4-6-9-15/h4-11,13H,3,12,14H2,1-2H3. The minimum Gasteiger partial charge on any atom is -0.493 e. The first-order valence-corrected chi connectivity index (χ1v) is 9.66. The second-order valence-corrected chi connectivity index (χ2v) is 6.92. The Kier molecular flexibility index (Phi) is 6.44. The SMILES string of the molecule is CCN(Cc1cccs1)C(=O)COC(=O)c1nn(-c2ccccc2)cc1OC. The normalized spacial score (nSPS) is 10.5. The summed E-state index contributed by atoms with van der Waals surface area (Å²) in [5, 5.41) is 6.21. The highest BCUT2D eigenvalue weighted by atomic mass is 32.1. The minimum absolute atomic E-state index is 0.0282. The first-order chi connectivity index (χ1) is 13.6. The van der Waals surface area contributed by atoms with Gasteiger partial charge in [0, 0.05) is 11.4 Å². The number of nitrogens with zero attached hydrogens (tertiary/aromatic N) is 3. The Morgan fingerprint density at radius 1 is 1.18 bits per heavy atom. The number of aromatic nitrogens is 2. The number of carbonyl (C=O) groups is 2. The molecule has 0 N–H and O–H groups in total. The molecule has 0 radical (unpaired) electrons. The van der Waals surface area contributed by atoms with Crippen molar-refractivity contribution in [3.05, 3.63) is 64.6 Å². The largest absolute Gasteiger partial charge is 0.493 e. The first kappa shape index (κ1) is 19.6. The third-order valence-electron chi connectivity index (χ3n) is 4.10. The van der Waals surface area contributed by atoms with Gasteiger partial charge in [-0.25, -0.2) is 9.48 Å². The minimum atomic E-state index is -0.702. The van der Waals surface area contributed by atoms with E-state index in [1.807, 2.05) is 54.8 Å². The second-order valence-electron chi connectivity index (χ2n) is 5.89. The molecule has 0 saturated carbocycles. The van der Waals surface area contributed by atoms with Gasteiger partial charge in [0.1, 0.15) is 0 Å². The molecule has 0 atom stereocenters. The van der Waals surface area contributed by atoms with Crippen molar-refractivity contribution in [1.82, 2.24) is 14.7 Å².